The van der Waals surface area contributed by atoms with Gasteiger partial charge in [-0.25, -0.2) is 12.8 Å². The van der Waals surface area contributed by atoms with E-state index in [4.69, 9.17) is 5.73 Å². The van der Waals surface area contributed by atoms with E-state index >= 15 is 0 Å². The van der Waals surface area contributed by atoms with Crippen molar-refractivity contribution >= 4 is 15.7 Å². The Morgan fingerprint density at radius 3 is 2.50 bits per heavy atom. The monoisotopic (exact) mass is 301 g/mol. The Labute approximate surface area is 119 Å². The van der Waals surface area contributed by atoms with Crippen molar-refractivity contribution in [3.8, 4) is 0 Å². The Kier molecular flexibility index (Phi) is 4.62. The van der Waals surface area contributed by atoms with Crippen molar-refractivity contribution < 1.29 is 12.8 Å². The van der Waals surface area contributed by atoms with E-state index in [1.54, 1.807) is 0 Å². The molecule has 5 nitrogen and oxygen atoms in total. The van der Waals surface area contributed by atoms with Crippen molar-refractivity contribution in [1.29, 1.82) is 0 Å². The minimum Gasteiger partial charge on any atom is -0.399 e. The number of anilines is 1. The normalized spacial score (nSPS) is 18.3. The summed E-state index contributed by atoms with van der Waals surface area (Å²) >= 11 is 0. The van der Waals surface area contributed by atoms with E-state index in [1.165, 1.54) is 16.4 Å². The van der Waals surface area contributed by atoms with Gasteiger partial charge < -0.3 is 10.6 Å². The second-order valence-electron chi connectivity index (χ2n) is 4.94. The summed E-state index contributed by atoms with van der Waals surface area (Å²) in [5.74, 6) is -0.754. The molecule has 1 aliphatic heterocycles. The lowest BCUT2D eigenvalue weighted by atomic mass is 10.3. The summed E-state index contributed by atoms with van der Waals surface area (Å²) in [7, 11) is -3.80. The van der Waals surface area contributed by atoms with Crippen LogP contribution in [-0.4, -0.2) is 50.3 Å². The highest BCUT2D eigenvalue weighted by molar-refractivity contribution is 7.89. The summed E-state index contributed by atoms with van der Waals surface area (Å²) in [4.78, 5) is 1.88. The van der Waals surface area contributed by atoms with Gasteiger partial charge in [0.2, 0.25) is 10.0 Å². The first-order valence-corrected chi connectivity index (χ1v) is 8.16. The van der Waals surface area contributed by atoms with Crippen LogP contribution in [0.5, 0.6) is 0 Å². The molecule has 0 radical (unpaired) electrons. The van der Waals surface area contributed by atoms with E-state index in [0.717, 1.165) is 19.0 Å². The van der Waals surface area contributed by atoms with Crippen LogP contribution in [0.4, 0.5) is 10.1 Å². The average Bonchev–Trinajstić information content (AvgIpc) is 2.42. The van der Waals surface area contributed by atoms with Crippen molar-refractivity contribution in [2.24, 2.45) is 0 Å². The Balaban J connectivity index is 2.18. The first-order chi connectivity index (χ1) is 9.45. The molecule has 1 heterocycles. The Hall–Kier alpha value is -1.18. The molecule has 112 valence electrons. The highest BCUT2D eigenvalue weighted by Crippen LogP contribution is 2.22. The molecule has 1 aromatic rings. The fourth-order valence-corrected chi connectivity index (χ4v) is 3.89. The van der Waals surface area contributed by atoms with E-state index < -0.39 is 15.8 Å². The fraction of sp³-hybridized carbons (Fsp3) is 0.538. The van der Waals surface area contributed by atoms with Crippen molar-refractivity contribution in [1.82, 2.24) is 9.21 Å². The molecule has 0 aliphatic carbocycles. The van der Waals surface area contributed by atoms with Crippen LogP contribution in [-0.2, 0) is 10.0 Å². The van der Waals surface area contributed by atoms with Gasteiger partial charge in [0.05, 0.1) is 0 Å². The molecule has 2 N–H and O–H groups in total. The molecule has 1 saturated heterocycles. The van der Waals surface area contributed by atoms with Gasteiger partial charge in [-0.3, -0.25) is 0 Å². The number of hydrogen-bond acceptors (Lipinski definition) is 4. The second kappa shape index (κ2) is 6.07. The fourth-order valence-electron chi connectivity index (χ4n) is 2.37. The van der Waals surface area contributed by atoms with Crippen molar-refractivity contribution in [3.63, 3.8) is 0 Å². The number of nitrogen functional groups attached to an aromatic ring is 1. The predicted octanol–water partition coefficient (Wildman–Crippen LogP) is 1.12. The number of rotatable bonds is 4. The lowest BCUT2D eigenvalue weighted by molar-refractivity contribution is 0.188. The molecule has 1 aromatic carbocycles. The topological polar surface area (TPSA) is 66.6 Å². The van der Waals surface area contributed by atoms with Gasteiger partial charge in [-0.2, -0.15) is 4.31 Å². The van der Waals surface area contributed by atoms with E-state index in [0.29, 0.717) is 26.2 Å². The molecule has 1 aliphatic rings. The maximum absolute atomic E-state index is 13.7. The molecule has 2 rings (SSSR count). The molecule has 0 aromatic heterocycles. The van der Waals surface area contributed by atoms with E-state index in [2.05, 4.69) is 11.8 Å². The first-order valence-electron chi connectivity index (χ1n) is 6.72. The van der Waals surface area contributed by atoms with Crippen LogP contribution in [0.2, 0.25) is 0 Å². The summed E-state index contributed by atoms with van der Waals surface area (Å²) in [5.41, 5.74) is 5.80. The van der Waals surface area contributed by atoms with Crippen LogP contribution in [0.3, 0.4) is 0 Å². The molecule has 1 fully saturated rings. The zero-order valence-electron chi connectivity index (χ0n) is 11.5. The molecule has 20 heavy (non-hydrogen) atoms. The quantitative estimate of drug-likeness (QED) is 0.847. The van der Waals surface area contributed by atoms with E-state index in [9.17, 15) is 12.8 Å². The Morgan fingerprint density at radius 1 is 1.25 bits per heavy atom. The summed E-state index contributed by atoms with van der Waals surface area (Å²) in [6, 6.07) is 3.63. The van der Waals surface area contributed by atoms with Crippen molar-refractivity contribution in [2.45, 2.75) is 18.2 Å². The minimum atomic E-state index is -3.80. The first kappa shape index (κ1) is 15.2. The largest absolute Gasteiger partial charge is 0.399 e. The van der Waals surface area contributed by atoms with Crippen LogP contribution in [0.25, 0.3) is 0 Å². The number of hydrogen-bond donors (Lipinski definition) is 1. The zero-order chi connectivity index (χ0) is 14.8. The van der Waals surface area contributed by atoms with Gasteiger partial charge in [0, 0.05) is 31.9 Å². The van der Waals surface area contributed by atoms with Gasteiger partial charge in [-0.15, -0.1) is 0 Å². The molecule has 0 amide bonds. The summed E-state index contributed by atoms with van der Waals surface area (Å²) in [5, 5.41) is 0. The molecular weight excluding hydrogens is 281 g/mol. The molecule has 0 bridgehead atoms. The molecular formula is C13H20FN3O2S. The number of halogens is 1. The lowest BCUT2D eigenvalue weighted by Gasteiger charge is -2.33. The third-order valence-corrected chi connectivity index (χ3v) is 5.36. The van der Waals surface area contributed by atoms with Crippen LogP contribution in [0, 0.1) is 5.82 Å². The molecule has 7 heteroatoms. The predicted molar refractivity (Wildman–Crippen MR) is 76.3 cm³/mol. The number of nitrogens with two attached hydrogens (primary N) is 1. The maximum Gasteiger partial charge on any atom is 0.246 e. The molecule has 0 spiro atoms. The van der Waals surface area contributed by atoms with Crippen LogP contribution >= 0.6 is 0 Å². The van der Waals surface area contributed by atoms with Gasteiger partial charge in [0.1, 0.15) is 10.7 Å². The van der Waals surface area contributed by atoms with Gasteiger partial charge >= 0.3 is 0 Å². The smallest absolute Gasteiger partial charge is 0.246 e. The summed E-state index contributed by atoms with van der Waals surface area (Å²) < 4.78 is 39.9. The molecule has 0 atom stereocenters. The SMILES string of the molecule is CCCN1CCN(S(=O)(=O)c2cc(N)ccc2F)CC1. The van der Waals surface area contributed by atoms with Crippen molar-refractivity contribution in [3.05, 3.63) is 24.0 Å². The minimum absolute atomic E-state index is 0.245. The number of piperazine rings is 1. The Bertz CT molecular complexity index is 569. The highest BCUT2D eigenvalue weighted by Gasteiger charge is 2.30. The Morgan fingerprint density at radius 2 is 1.90 bits per heavy atom. The molecule has 0 unspecified atom stereocenters. The maximum atomic E-state index is 13.7. The molecule has 0 saturated carbocycles. The van der Waals surface area contributed by atoms with Gasteiger partial charge in [-0.05, 0) is 31.2 Å². The van der Waals surface area contributed by atoms with E-state index in [1.807, 2.05) is 0 Å². The zero-order valence-corrected chi connectivity index (χ0v) is 12.4. The highest BCUT2D eigenvalue weighted by atomic mass is 32.2. The number of sulfonamides is 1. The van der Waals surface area contributed by atoms with Gasteiger partial charge in [-0.1, -0.05) is 6.92 Å². The standard InChI is InChI=1S/C13H20FN3O2S/c1-2-5-16-6-8-17(9-7-16)20(18,19)13-10-11(15)3-4-12(13)14/h3-4,10H,2,5-9,15H2,1H3. The van der Waals surface area contributed by atoms with Crippen molar-refractivity contribution in [2.75, 3.05) is 38.5 Å². The average molecular weight is 301 g/mol. The lowest BCUT2D eigenvalue weighted by Crippen LogP contribution is -2.48. The summed E-state index contributed by atoms with van der Waals surface area (Å²) in [6.45, 7) is 5.17. The second-order valence-corrected chi connectivity index (χ2v) is 6.84. The van der Waals surface area contributed by atoms with Crippen LogP contribution in [0.1, 0.15) is 13.3 Å². The van der Waals surface area contributed by atoms with Crippen LogP contribution in [0.15, 0.2) is 23.1 Å². The van der Waals surface area contributed by atoms with Crippen LogP contribution < -0.4 is 5.73 Å². The summed E-state index contributed by atoms with van der Waals surface area (Å²) in [6.07, 6.45) is 1.04. The van der Waals surface area contributed by atoms with Gasteiger partial charge in [0.25, 0.3) is 0 Å². The third kappa shape index (κ3) is 3.11. The number of nitrogens with zero attached hydrogens (tertiary/aromatic N) is 2. The third-order valence-electron chi connectivity index (χ3n) is 3.44. The van der Waals surface area contributed by atoms with E-state index in [-0.39, 0.29) is 10.6 Å². The number of benzene rings is 1. The van der Waals surface area contributed by atoms with Gasteiger partial charge in [0.15, 0.2) is 0 Å².